The number of nitrogens with one attached hydrogen (secondary N) is 1. The molecular weight excluding hydrogens is 500 g/mol. The van der Waals surface area contributed by atoms with Crippen LogP contribution in [-0.4, -0.2) is 37.2 Å². The van der Waals surface area contributed by atoms with Crippen LogP contribution in [0.1, 0.15) is 105 Å². The van der Waals surface area contributed by atoms with E-state index in [2.05, 4.69) is 56.0 Å². The van der Waals surface area contributed by atoms with Crippen LogP contribution in [-0.2, 0) is 4.74 Å². The first-order valence-electron chi connectivity index (χ1n) is 16.0. The lowest BCUT2D eigenvalue weighted by atomic mass is 9.47. The van der Waals surface area contributed by atoms with E-state index >= 15 is 0 Å². The number of nitrogens with two attached hydrogens (primary N) is 3. The Balaban J connectivity index is 1.32. The van der Waals surface area contributed by atoms with E-state index in [0.717, 1.165) is 54.8 Å². The molecule has 0 spiro atoms. The number of hydrogen-bond donors (Lipinski definition) is 4. The van der Waals surface area contributed by atoms with Crippen molar-refractivity contribution in [1.29, 1.82) is 0 Å². The molecule has 3 saturated carbocycles. The van der Waals surface area contributed by atoms with Crippen LogP contribution < -0.4 is 22.5 Å². The average Bonchev–Trinajstić information content (AvgIpc) is 3.23. The number of rotatable bonds is 9. The summed E-state index contributed by atoms with van der Waals surface area (Å²) >= 11 is 0. The topological polar surface area (TPSA) is 141 Å². The molecule has 0 heterocycles. The van der Waals surface area contributed by atoms with E-state index in [1.54, 1.807) is 0 Å². The standard InChI is InChI=1S/C32H56N6O2/c1-20(2)7-6-8-21(3)25-11-12-26-24-10-9-22-19-23(13-15-31(22,4)27(24)14-16-32(25,26)5)40-30(39)37-18-17-36-29(35)38-28(33)34/h9,20-21,23-27H,6-8,10-19H2,1-5H3,(H,37,39)(H6,33,34,35,36,38)/t21-,23?,24+,25?,26?,27?,31?,32?/m1/s1. The van der Waals surface area contributed by atoms with Crippen LogP contribution in [0.25, 0.3) is 0 Å². The van der Waals surface area contributed by atoms with Crippen LogP contribution in [0.4, 0.5) is 4.79 Å². The third kappa shape index (κ3) is 6.62. The van der Waals surface area contributed by atoms with Gasteiger partial charge in [-0.1, -0.05) is 65.5 Å². The highest BCUT2D eigenvalue weighted by Crippen LogP contribution is 2.67. The molecule has 0 aromatic rings. The highest BCUT2D eigenvalue weighted by molar-refractivity contribution is 5.92. The minimum atomic E-state index is -0.397. The number of carbonyl (C=O) groups is 1. The van der Waals surface area contributed by atoms with Gasteiger partial charge in [0.25, 0.3) is 0 Å². The van der Waals surface area contributed by atoms with Gasteiger partial charge in [0.05, 0.1) is 6.54 Å². The molecule has 1 amide bonds. The summed E-state index contributed by atoms with van der Waals surface area (Å²) in [7, 11) is 0. The van der Waals surface area contributed by atoms with E-state index in [1.165, 1.54) is 56.9 Å². The van der Waals surface area contributed by atoms with Crippen molar-refractivity contribution in [3.05, 3.63) is 11.6 Å². The van der Waals surface area contributed by atoms with Crippen molar-refractivity contribution in [2.45, 2.75) is 111 Å². The van der Waals surface area contributed by atoms with Crippen molar-refractivity contribution in [2.24, 2.45) is 73.5 Å². The van der Waals surface area contributed by atoms with E-state index < -0.39 is 6.09 Å². The van der Waals surface area contributed by atoms with Crippen molar-refractivity contribution >= 4 is 18.0 Å². The van der Waals surface area contributed by atoms with Gasteiger partial charge in [0.2, 0.25) is 5.96 Å². The molecule has 226 valence electrons. The van der Waals surface area contributed by atoms with Gasteiger partial charge in [-0.2, -0.15) is 4.99 Å². The van der Waals surface area contributed by atoms with E-state index in [9.17, 15) is 4.79 Å². The van der Waals surface area contributed by atoms with Gasteiger partial charge in [-0.05, 0) is 91.3 Å². The van der Waals surface area contributed by atoms with Crippen LogP contribution in [0.2, 0.25) is 0 Å². The van der Waals surface area contributed by atoms with Gasteiger partial charge in [0.15, 0.2) is 5.96 Å². The van der Waals surface area contributed by atoms with Crippen molar-refractivity contribution in [2.75, 3.05) is 13.1 Å². The Morgan fingerprint density at radius 2 is 1.85 bits per heavy atom. The summed E-state index contributed by atoms with van der Waals surface area (Å²) < 4.78 is 5.83. The molecule has 4 aliphatic rings. The Kier molecular flexibility index (Phi) is 9.77. The summed E-state index contributed by atoms with van der Waals surface area (Å²) in [5, 5.41) is 2.77. The number of hydrogen-bond acceptors (Lipinski definition) is 3. The molecule has 0 saturated heterocycles. The van der Waals surface area contributed by atoms with Gasteiger partial charge in [0.1, 0.15) is 6.10 Å². The maximum Gasteiger partial charge on any atom is 0.407 e. The Hall–Kier alpha value is -2.25. The summed E-state index contributed by atoms with van der Waals surface area (Å²) in [5.74, 6) is 4.85. The first-order chi connectivity index (χ1) is 18.9. The number of amides is 1. The van der Waals surface area contributed by atoms with Crippen LogP contribution in [0.15, 0.2) is 21.6 Å². The summed E-state index contributed by atoms with van der Waals surface area (Å²) in [5.41, 5.74) is 18.5. The molecule has 40 heavy (non-hydrogen) atoms. The Bertz CT molecular complexity index is 988. The molecule has 7 N–H and O–H groups in total. The minimum Gasteiger partial charge on any atom is -0.446 e. The molecule has 4 rings (SSSR count). The second-order valence-electron chi connectivity index (χ2n) is 14.3. The predicted octanol–water partition coefficient (Wildman–Crippen LogP) is 5.71. The molecule has 0 aromatic heterocycles. The zero-order chi connectivity index (χ0) is 29.1. The number of alkyl carbamates (subject to hydrolysis) is 1. The predicted molar refractivity (Wildman–Crippen MR) is 164 cm³/mol. The Morgan fingerprint density at radius 3 is 2.58 bits per heavy atom. The minimum absolute atomic E-state index is 0.00317. The van der Waals surface area contributed by atoms with Crippen molar-refractivity contribution < 1.29 is 9.53 Å². The van der Waals surface area contributed by atoms with Gasteiger partial charge in [-0.3, -0.25) is 0 Å². The zero-order valence-corrected chi connectivity index (χ0v) is 25.8. The molecule has 0 aliphatic heterocycles. The van der Waals surface area contributed by atoms with Crippen molar-refractivity contribution in [3.63, 3.8) is 0 Å². The van der Waals surface area contributed by atoms with Crippen molar-refractivity contribution in [3.8, 4) is 0 Å². The first kappa shape index (κ1) is 30.7. The lowest BCUT2D eigenvalue weighted by molar-refractivity contribution is -0.0581. The highest BCUT2D eigenvalue weighted by atomic mass is 16.6. The van der Waals surface area contributed by atoms with Crippen LogP contribution in [0.3, 0.4) is 0 Å². The largest absolute Gasteiger partial charge is 0.446 e. The molecule has 0 bridgehead atoms. The summed E-state index contributed by atoms with van der Waals surface area (Å²) in [6, 6.07) is 0. The molecule has 8 nitrogen and oxygen atoms in total. The second kappa shape index (κ2) is 12.7. The molecule has 8 heteroatoms. The van der Waals surface area contributed by atoms with Crippen LogP contribution in [0, 0.1) is 46.3 Å². The van der Waals surface area contributed by atoms with Gasteiger partial charge < -0.3 is 27.3 Å². The number of nitrogens with zero attached hydrogens (tertiary/aromatic N) is 2. The van der Waals surface area contributed by atoms with E-state index in [0.29, 0.717) is 12.0 Å². The van der Waals surface area contributed by atoms with Gasteiger partial charge in [0, 0.05) is 13.0 Å². The van der Waals surface area contributed by atoms with Crippen LogP contribution >= 0.6 is 0 Å². The van der Waals surface area contributed by atoms with E-state index in [4.69, 9.17) is 21.9 Å². The van der Waals surface area contributed by atoms with Gasteiger partial charge >= 0.3 is 6.09 Å². The molecule has 6 unspecified atom stereocenters. The molecule has 4 aliphatic carbocycles. The summed E-state index contributed by atoms with van der Waals surface area (Å²) in [4.78, 5) is 20.1. The first-order valence-corrected chi connectivity index (χ1v) is 16.0. The third-order valence-electron chi connectivity index (χ3n) is 11.4. The van der Waals surface area contributed by atoms with Gasteiger partial charge in [-0.15, -0.1) is 0 Å². The second-order valence-corrected chi connectivity index (χ2v) is 14.3. The number of aliphatic imine (C=N–C) groups is 2. The highest BCUT2D eigenvalue weighted by Gasteiger charge is 2.59. The lowest BCUT2D eigenvalue weighted by Gasteiger charge is -2.58. The van der Waals surface area contributed by atoms with Crippen molar-refractivity contribution in [1.82, 2.24) is 5.32 Å². The fourth-order valence-electron chi connectivity index (χ4n) is 9.44. The quantitative estimate of drug-likeness (QED) is 0.125. The Labute approximate surface area is 242 Å². The SMILES string of the molecule is CC(C)CCC[C@@H](C)C1CCC2[C@@H]3CC=C4CC(OC(=O)NCCN=C(N)N=C(N)N)CCC4(C)C3CCC21C. The van der Waals surface area contributed by atoms with Crippen LogP contribution in [0.5, 0.6) is 0 Å². The monoisotopic (exact) mass is 556 g/mol. The number of carbonyl (C=O) groups excluding carboxylic acids is 1. The lowest BCUT2D eigenvalue weighted by Crippen LogP contribution is -2.51. The molecular formula is C32H56N6O2. The van der Waals surface area contributed by atoms with E-state index in [1.807, 2.05) is 0 Å². The number of guanidine groups is 2. The zero-order valence-electron chi connectivity index (χ0n) is 25.8. The smallest absolute Gasteiger partial charge is 0.407 e. The molecule has 3 fully saturated rings. The third-order valence-corrected chi connectivity index (χ3v) is 11.4. The fraction of sp³-hybridized carbons (Fsp3) is 0.844. The normalized spacial score (nSPS) is 36.1. The maximum absolute atomic E-state index is 12.4. The average molecular weight is 557 g/mol. The molecule has 0 aromatic carbocycles. The number of ether oxygens (including phenoxy) is 1. The van der Waals surface area contributed by atoms with Gasteiger partial charge in [-0.25, -0.2) is 9.79 Å². The summed E-state index contributed by atoms with van der Waals surface area (Å²) in [6.45, 7) is 13.0. The summed E-state index contributed by atoms with van der Waals surface area (Å²) in [6.07, 6.45) is 15.9. The number of fused-ring (bicyclic) bond motifs is 5. The van der Waals surface area contributed by atoms with E-state index in [-0.39, 0.29) is 30.0 Å². The Morgan fingerprint density at radius 1 is 1.07 bits per heavy atom. The fourth-order valence-corrected chi connectivity index (χ4v) is 9.44. The molecule has 8 atom stereocenters. The maximum atomic E-state index is 12.4. The molecule has 0 radical (unpaired) electrons. The number of allylic oxidation sites excluding steroid dienone is 1.